The van der Waals surface area contributed by atoms with Gasteiger partial charge in [0.2, 0.25) is 6.29 Å². The maximum atomic E-state index is 11.7. The summed E-state index contributed by atoms with van der Waals surface area (Å²) >= 11 is 0. The highest BCUT2D eigenvalue weighted by molar-refractivity contribution is 5.94. The van der Waals surface area contributed by atoms with Gasteiger partial charge >= 0.3 is 17.9 Å². The molecule has 0 saturated heterocycles. The first-order chi connectivity index (χ1) is 9.43. The van der Waals surface area contributed by atoms with Crippen molar-refractivity contribution in [1.82, 2.24) is 4.98 Å². The number of aromatic nitrogens is 1. The Morgan fingerprint density at radius 1 is 1.25 bits per heavy atom. The third-order valence-corrected chi connectivity index (χ3v) is 2.25. The first-order valence-corrected chi connectivity index (χ1v) is 6.02. The van der Waals surface area contributed by atoms with Crippen LogP contribution >= 0.6 is 0 Å². The van der Waals surface area contributed by atoms with Gasteiger partial charge < -0.3 is 14.6 Å². The quantitative estimate of drug-likeness (QED) is 0.624. The Hall–Kier alpha value is -2.44. The Morgan fingerprint density at radius 3 is 2.50 bits per heavy atom. The monoisotopic (exact) mass is 281 g/mol. The normalized spacial score (nSPS) is 11.5. The number of hydrogen-bond donors (Lipinski definition) is 1. The maximum Gasteiger partial charge on any atom is 0.342 e. The Kier molecular flexibility index (Phi) is 5.64. The van der Waals surface area contributed by atoms with Crippen LogP contribution in [0.25, 0.3) is 0 Å². The summed E-state index contributed by atoms with van der Waals surface area (Å²) in [4.78, 5) is 37.3. The number of nitrogens with zero attached hydrogens (tertiary/aromatic N) is 1. The molecule has 1 rings (SSSR count). The lowest BCUT2D eigenvalue weighted by atomic mass is 10.2. The Morgan fingerprint density at radius 2 is 1.90 bits per heavy atom. The molecule has 1 N–H and O–H groups in total. The highest BCUT2D eigenvalue weighted by Crippen LogP contribution is 2.08. The Balaban J connectivity index is 2.64. The van der Waals surface area contributed by atoms with Crippen LogP contribution in [-0.4, -0.2) is 34.3 Å². The molecule has 0 saturated carbocycles. The van der Waals surface area contributed by atoms with Gasteiger partial charge in [-0.1, -0.05) is 6.92 Å². The van der Waals surface area contributed by atoms with E-state index in [2.05, 4.69) is 4.98 Å². The van der Waals surface area contributed by atoms with Crippen molar-refractivity contribution in [2.24, 2.45) is 0 Å². The van der Waals surface area contributed by atoms with Crippen LogP contribution in [0.5, 0.6) is 0 Å². The number of aromatic carboxylic acids is 1. The molecular weight excluding hydrogens is 266 g/mol. The SMILES string of the molecule is CCCC(=O)OC(C)OC(=O)c1cncc(C(=O)O)c1. The smallest absolute Gasteiger partial charge is 0.342 e. The fourth-order valence-electron chi connectivity index (χ4n) is 1.36. The summed E-state index contributed by atoms with van der Waals surface area (Å²) in [6.07, 6.45) is 2.11. The van der Waals surface area contributed by atoms with Crippen molar-refractivity contribution in [2.45, 2.75) is 33.0 Å². The summed E-state index contributed by atoms with van der Waals surface area (Å²) in [6.45, 7) is 3.22. The highest BCUT2D eigenvalue weighted by atomic mass is 16.7. The number of pyridine rings is 1. The molecule has 108 valence electrons. The van der Waals surface area contributed by atoms with Crippen LogP contribution in [0.1, 0.15) is 47.4 Å². The Labute approximate surface area is 115 Å². The summed E-state index contributed by atoms with van der Waals surface area (Å²) in [7, 11) is 0. The minimum absolute atomic E-state index is 0.0247. The first kappa shape index (κ1) is 15.6. The Bertz CT molecular complexity index is 513. The number of hydrogen-bond acceptors (Lipinski definition) is 6. The van der Waals surface area contributed by atoms with Gasteiger partial charge in [-0.05, 0) is 12.5 Å². The molecule has 1 aromatic heterocycles. The minimum Gasteiger partial charge on any atom is -0.478 e. The number of carboxylic acids is 1. The highest BCUT2D eigenvalue weighted by Gasteiger charge is 2.17. The third kappa shape index (κ3) is 4.68. The average Bonchev–Trinajstić information content (AvgIpc) is 2.38. The van der Waals surface area contributed by atoms with Gasteiger partial charge in [0, 0.05) is 25.7 Å². The summed E-state index contributed by atoms with van der Waals surface area (Å²) in [5.41, 5.74) is -0.154. The molecule has 0 aliphatic rings. The van der Waals surface area contributed by atoms with Gasteiger partial charge in [0.15, 0.2) is 0 Å². The lowest BCUT2D eigenvalue weighted by Gasteiger charge is -2.13. The number of esters is 2. The van der Waals surface area contributed by atoms with Crippen molar-refractivity contribution < 1.29 is 29.0 Å². The van der Waals surface area contributed by atoms with E-state index < -0.39 is 24.2 Å². The lowest BCUT2D eigenvalue weighted by Crippen LogP contribution is -2.22. The van der Waals surface area contributed by atoms with Gasteiger partial charge in [0.25, 0.3) is 0 Å². The van der Waals surface area contributed by atoms with Crippen LogP contribution in [0.15, 0.2) is 18.5 Å². The fourth-order valence-corrected chi connectivity index (χ4v) is 1.36. The van der Waals surface area contributed by atoms with Gasteiger partial charge in [-0.2, -0.15) is 0 Å². The van der Waals surface area contributed by atoms with Crippen molar-refractivity contribution in [1.29, 1.82) is 0 Å². The van der Waals surface area contributed by atoms with Crippen LogP contribution in [0.4, 0.5) is 0 Å². The molecule has 1 atom stereocenters. The summed E-state index contributed by atoms with van der Waals surface area (Å²) < 4.78 is 9.72. The molecule has 0 aromatic carbocycles. The predicted molar refractivity (Wildman–Crippen MR) is 67.1 cm³/mol. The number of carbonyl (C=O) groups is 3. The average molecular weight is 281 g/mol. The number of ether oxygens (including phenoxy) is 2. The summed E-state index contributed by atoms with van der Waals surface area (Å²) in [6, 6.07) is 1.14. The van der Waals surface area contributed by atoms with Crippen molar-refractivity contribution in [2.75, 3.05) is 0 Å². The zero-order valence-corrected chi connectivity index (χ0v) is 11.2. The summed E-state index contributed by atoms with van der Waals surface area (Å²) in [5.74, 6) is -2.47. The molecule has 1 heterocycles. The van der Waals surface area contributed by atoms with E-state index in [1.807, 2.05) is 6.92 Å². The van der Waals surface area contributed by atoms with E-state index in [1.165, 1.54) is 13.1 Å². The van der Waals surface area contributed by atoms with E-state index in [4.69, 9.17) is 14.6 Å². The molecular formula is C13H15NO6. The van der Waals surface area contributed by atoms with Gasteiger partial charge in [-0.15, -0.1) is 0 Å². The molecule has 0 radical (unpaired) electrons. The lowest BCUT2D eigenvalue weighted by molar-refractivity contribution is -0.165. The standard InChI is InChI=1S/C13H15NO6/c1-3-4-11(15)19-8(2)20-13(18)10-5-9(12(16)17)6-14-7-10/h5-8H,3-4H2,1-2H3,(H,16,17). The maximum absolute atomic E-state index is 11.7. The molecule has 0 fully saturated rings. The van der Waals surface area contributed by atoms with Crippen molar-refractivity contribution in [3.63, 3.8) is 0 Å². The third-order valence-electron chi connectivity index (χ3n) is 2.25. The molecule has 0 amide bonds. The van der Waals surface area contributed by atoms with E-state index >= 15 is 0 Å². The van der Waals surface area contributed by atoms with E-state index in [0.717, 1.165) is 12.3 Å². The van der Waals surface area contributed by atoms with E-state index in [1.54, 1.807) is 0 Å². The van der Waals surface area contributed by atoms with Gasteiger partial charge in [-0.25, -0.2) is 9.59 Å². The van der Waals surface area contributed by atoms with E-state index in [0.29, 0.717) is 6.42 Å². The molecule has 0 spiro atoms. The van der Waals surface area contributed by atoms with Crippen LogP contribution < -0.4 is 0 Å². The predicted octanol–water partition coefficient (Wildman–Crippen LogP) is 1.63. The van der Waals surface area contributed by atoms with Crippen molar-refractivity contribution in [3.8, 4) is 0 Å². The topological polar surface area (TPSA) is 103 Å². The number of rotatable bonds is 6. The van der Waals surface area contributed by atoms with Gasteiger partial charge in [-0.3, -0.25) is 9.78 Å². The zero-order valence-electron chi connectivity index (χ0n) is 11.2. The van der Waals surface area contributed by atoms with Crippen molar-refractivity contribution in [3.05, 3.63) is 29.6 Å². The van der Waals surface area contributed by atoms with E-state index in [-0.39, 0.29) is 17.5 Å². The number of carbonyl (C=O) groups excluding carboxylic acids is 2. The molecule has 1 unspecified atom stereocenters. The minimum atomic E-state index is -1.20. The van der Waals surface area contributed by atoms with Crippen LogP contribution in [0, 0.1) is 0 Å². The number of carboxylic acid groups (broad SMARTS) is 1. The second-order valence-electron chi connectivity index (χ2n) is 3.98. The molecule has 1 aromatic rings. The van der Waals surface area contributed by atoms with E-state index in [9.17, 15) is 14.4 Å². The molecule has 20 heavy (non-hydrogen) atoms. The van der Waals surface area contributed by atoms with Gasteiger partial charge in [0.05, 0.1) is 11.1 Å². The van der Waals surface area contributed by atoms with Crippen LogP contribution in [0.3, 0.4) is 0 Å². The largest absolute Gasteiger partial charge is 0.478 e. The fraction of sp³-hybridized carbons (Fsp3) is 0.385. The molecule has 0 aliphatic heterocycles. The molecule has 0 bridgehead atoms. The summed E-state index contributed by atoms with van der Waals surface area (Å²) in [5, 5.41) is 8.79. The van der Waals surface area contributed by atoms with Crippen LogP contribution in [-0.2, 0) is 14.3 Å². The molecule has 7 heteroatoms. The second kappa shape index (κ2) is 7.22. The molecule has 7 nitrogen and oxygen atoms in total. The zero-order chi connectivity index (χ0) is 15.1. The first-order valence-electron chi connectivity index (χ1n) is 6.02. The van der Waals surface area contributed by atoms with Crippen LogP contribution in [0.2, 0.25) is 0 Å². The second-order valence-corrected chi connectivity index (χ2v) is 3.98. The van der Waals surface area contributed by atoms with Gasteiger partial charge in [0.1, 0.15) is 0 Å². The van der Waals surface area contributed by atoms with Crippen molar-refractivity contribution >= 4 is 17.9 Å². The molecule has 0 aliphatic carbocycles.